The molecular weight excluding hydrogens is 233 g/mol. The summed E-state index contributed by atoms with van der Waals surface area (Å²) in [5.41, 5.74) is 0. The fourth-order valence-electron chi connectivity index (χ4n) is 2.19. The zero-order valence-corrected chi connectivity index (χ0v) is 10.5. The van der Waals surface area contributed by atoms with Crippen molar-refractivity contribution < 1.29 is 17.9 Å². The topological polar surface area (TPSA) is 15.7 Å². The molecule has 0 N–H and O–H groups in total. The van der Waals surface area contributed by atoms with E-state index >= 15 is 0 Å². The first-order chi connectivity index (χ1) is 7.92. The molecule has 1 saturated heterocycles. The molecular formula is C11H21F3N2O. The van der Waals surface area contributed by atoms with Crippen LogP contribution in [0, 0.1) is 0 Å². The highest BCUT2D eigenvalue weighted by Gasteiger charge is 2.34. The number of ether oxygens (including phenoxy) is 1. The van der Waals surface area contributed by atoms with Gasteiger partial charge in [-0.15, -0.1) is 0 Å². The maximum Gasteiger partial charge on any atom is 0.401 e. The van der Waals surface area contributed by atoms with Gasteiger partial charge in [0.1, 0.15) is 0 Å². The Morgan fingerprint density at radius 2 is 1.88 bits per heavy atom. The fraction of sp³-hybridized carbons (Fsp3) is 1.00. The van der Waals surface area contributed by atoms with E-state index in [2.05, 4.69) is 4.90 Å². The minimum absolute atomic E-state index is 0.0305. The monoisotopic (exact) mass is 254 g/mol. The Balaban J connectivity index is 2.49. The zero-order valence-electron chi connectivity index (χ0n) is 10.5. The molecule has 0 bridgehead atoms. The number of nitrogens with zero attached hydrogens (tertiary/aromatic N) is 2. The van der Waals surface area contributed by atoms with Gasteiger partial charge in [-0.25, -0.2) is 0 Å². The van der Waals surface area contributed by atoms with Crippen LogP contribution in [0.5, 0.6) is 0 Å². The predicted octanol–water partition coefficient (Wildman–Crippen LogP) is 1.59. The normalized spacial score (nSPS) is 20.1. The summed E-state index contributed by atoms with van der Waals surface area (Å²) in [7, 11) is 3.51. The molecule has 6 heteroatoms. The van der Waals surface area contributed by atoms with E-state index in [1.807, 2.05) is 7.05 Å². The van der Waals surface area contributed by atoms with Gasteiger partial charge in [0.2, 0.25) is 0 Å². The molecule has 0 radical (unpaired) electrons. The molecule has 0 aliphatic carbocycles. The van der Waals surface area contributed by atoms with Crippen LogP contribution in [-0.4, -0.2) is 69.0 Å². The van der Waals surface area contributed by atoms with E-state index in [-0.39, 0.29) is 6.04 Å². The number of rotatable bonds is 5. The van der Waals surface area contributed by atoms with Gasteiger partial charge in [-0.3, -0.25) is 4.90 Å². The van der Waals surface area contributed by atoms with E-state index in [4.69, 9.17) is 4.74 Å². The molecule has 0 spiro atoms. The highest BCUT2D eigenvalue weighted by atomic mass is 19.4. The molecule has 0 aromatic carbocycles. The van der Waals surface area contributed by atoms with E-state index in [1.54, 1.807) is 0 Å². The Morgan fingerprint density at radius 3 is 2.35 bits per heavy atom. The first kappa shape index (κ1) is 14.7. The SMILES string of the molecule is COCCN(CC(F)(F)F)C1CCN(C)CC1. The molecule has 0 saturated carbocycles. The number of methoxy groups -OCH3 is 1. The number of alkyl halides is 3. The quantitative estimate of drug-likeness (QED) is 0.741. The molecule has 1 rings (SSSR count). The predicted molar refractivity (Wildman–Crippen MR) is 60.0 cm³/mol. The summed E-state index contributed by atoms with van der Waals surface area (Å²) in [6.07, 6.45) is -2.52. The third-order valence-electron chi connectivity index (χ3n) is 3.17. The van der Waals surface area contributed by atoms with Crippen molar-refractivity contribution >= 4 is 0 Å². The smallest absolute Gasteiger partial charge is 0.383 e. The Labute approximate surface area is 101 Å². The van der Waals surface area contributed by atoms with Crippen LogP contribution < -0.4 is 0 Å². The lowest BCUT2D eigenvalue weighted by atomic mass is 10.0. The van der Waals surface area contributed by atoms with Gasteiger partial charge in [-0.2, -0.15) is 13.2 Å². The summed E-state index contributed by atoms with van der Waals surface area (Å²) in [5, 5.41) is 0. The molecule has 17 heavy (non-hydrogen) atoms. The van der Waals surface area contributed by atoms with E-state index in [1.165, 1.54) is 12.0 Å². The maximum atomic E-state index is 12.5. The lowest BCUT2D eigenvalue weighted by Gasteiger charge is -2.37. The van der Waals surface area contributed by atoms with Crippen LogP contribution in [0.15, 0.2) is 0 Å². The minimum atomic E-state index is -4.13. The van der Waals surface area contributed by atoms with Crippen LogP contribution >= 0.6 is 0 Å². The van der Waals surface area contributed by atoms with E-state index in [9.17, 15) is 13.2 Å². The van der Waals surface area contributed by atoms with Crippen molar-refractivity contribution in [1.29, 1.82) is 0 Å². The summed E-state index contributed by atoms with van der Waals surface area (Å²) >= 11 is 0. The zero-order chi connectivity index (χ0) is 12.9. The van der Waals surface area contributed by atoms with Crippen LogP contribution in [-0.2, 0) is 4.74 Å². The molecule has 1 aliphatic heterocycles. The second-order valence-electron chi connectivity index (χ2n) is 4.61. The molecule has 0 aromatic heterocycles. The lowest BCUT2D eigenvalue weighted by molar-refractivity contribution is -0.154. The molecule has 0 aromatic rings. The van der Waals surface area contributed by atoms with Gasteiger partial charge >= 0.3 is 6.18 Å². The van der Waals surface area contributed by atoms with Crippen LogP contribution in [0.3, 0.4) is 0 Å². The summed E-state index contributed by atoms with van der Waals surface area (Å²) in [6.45, 7) is 1.61. The molecule has 1 heterocycles. The molecule has 3 nitrogen and oxygen atoms in total. The first-order valence-electron chi connectivity index (χ1n) is 5.90. The highest BCUT2D eigenvalue weighted by Crippen LogP contribution is 2.22. The second kappa shape index (κ2) is 6.56. The maximum absolute atomic E-state index is 12.5. The van der Waals surface area contributed by atoms with Gasteiger partial charge in [0, 0.05) is 19.7 Å². The molecule has 1 fully saturated rings. The third kappa shape index (κ3) is 5.70. The van der Waals surface area contributed by atoms with Gasteiger partial charge < -0.3 is 9.64 Å². The summed E-state index contributed by atoms with van der Waals surface area (Å²) < 4.78 is 42.3. The Bertz CT molecular complexity index is 215. The van der Waals surface area contributed by atoms with Crippen molar-refractivity contribution in [3.05, 3.63) is 0 Å². The van der Waals surface area contributed by atoms with Crippen LogP contribution in [0.4, 0.5) is 13.2 Å². The number of hydrogen-bond acceptors (Lipinski definition) is 3. The van der Waals surface area contributed by atoms with Crippen LogP contribution in [0.1, 0.15) is 12.8 Å². The average molecular weight is 254 g/mol. The average Bonchev–Trinajstić information content (AvgIpc) is 2.24. The molecule has 0 unspecified atom stereocenters. The van der Waals surface area contributed by atoms with Crippen molar-refractivity contribution in [2.45, 2.75) is 25.1 Å². The Hall–Kier alpha value is -0.330. The van der Waals surface area contributed by atoms with Gasteiger partial charge in [0.05, 0.1) is 13.2 Å². The second-order valence-corrected chi connectivity index (χ2v) is 4.61. The standard InChI is InChI=1S/C11H21F3N2O/c1-15-5-3-10(4-6-15)16(7-8-17-2)9-11(12,13)14/h10H,3-9H2,1-2H3. The number of hydrogen-bond donors (Lipinski definition) is 0. The van der Waals surface area contributed by atoms with E-state index in [0.717, 1.165) is 25.9 Å². The highest BCUT2D eigenvalue weighted by molar-refractivity contribution is 4.80. The minimum Gasteiger partial charge on any atom is -0.383 e. The summed E-state index contributed by atoms with van der Waals surface area (Å²) in [5.74, 6) is 0. The molecule has 102 valence electrons. The van der Waals surface area contributed by atoms with Crippen molar-refractivity contribution in [1.82, 2.24) is 9.80 Å². The van der Waals surface area contributed by atoms with E-state index in [0.29, 0.717) is 13.2 Å². The van der Waals surface area contributed by atoms with Crippen molar-refractivity contribution in [2.24, 2.45) is 0 Å². The van der Waals surface area contributed by atoms with Crippen molar-refractivity contribution in [2.75, 3.05) is 46.9 Å². The first-order valence-corrected chi connectivity index (χ1v) is 5.90. The number of halogens is 3. The molecule has 1 aliphatic rings. The molecule has 0 amide bonds. The van der Waals surface area contributed by atoms with Gasteiger partial charge in [0.15, 0.2) is 0 Å². The van der Waals surface area contributed by atoms with Crippen molar-refractivity contribution in [3.8, 4) is 0 Å². The summed E-state index contributed by atoms with van der Waals surface area (Å²) in [6, 6.07) is 0.0305. The number of likely N-dealkylation sites (tertiary alicyclic amines) is 1. The van der Waals surface area contributed by atoms with Gasteiger partial charge in [-0.1, -0.05) is 0 Å². The lowest BCUT2D eigenvalue weighted by Crippen LogP contribution is -2.48. The van der Waals surface area contributed by atoms with Crippen LogP contribution in [0.2, 0.25) is 0 Å². The fourth-order valence-corrected chi connectivity index (χ4v) is 2.19. The van der Waals surface area contributed by atoms with E-state index < -0.39 is 12.7 Å². The Kier molecular flexibility index (Phi) is 5.69. The largest absolute Gasteiger partial charge is 0.401 e. The van der Waals surface area contributed by atoms with Gasteiger partial charge in [-0.05, 0) is 33.0 Å². The summed E-state index contributed by atoms with van der Waals surface area (Å²) in [4.78, 5) is 3.66. The van der Waals surface area contributed by atoms with Crippen LogP contribution in [0.25, 0.3) is 0 Å². The van der Waals surface area contributed by atoms with Crippen molar-refractivity contribution in [3.63, 3.8) is 0 Å². The number of piperidine rings is 1. The molecule has 0 atom stereocenters. The Morgan fingerprint density at radius 1 is 1.29 bits per heavy atom. The third-order valence-corrected chi connectivity index (χ3v) is 3.17. The van der Waals surface area contributed by atoms with Gasteiger partial charge in [0.25, 0.3) is 0 Å².